The van der Waals surface area contributed by atoms with Crippen LogP contribution in [-0.4, -0.2) is 14.8 Å². The number of rotatable bonds is 4. The Balaban J connectivity index is 1.79. The lowest BCUT2D eigenvalue weighted by atomic mass is 10.2. The van der Waals surface area contributed by atoms with Crippen LogP contribution in [0.3, 0.4) is 0 Å². The molecule has 0 radical (unpaired) electrons. The fourth-order valence-electron chi connectivity index (χ4n) is 2.14. The first-order chi connectivity index (χ1) is 10.6. The van der Waals surface area contributed by atoms with Gasteiger partial charge in [-0.2, -0.15) is 0 Å². The van der Waals surface area contributed by atoms with E-state index < -0.39 is 0 Å². The van der Waals surface area contributed by atoms with Crippen molar-refractivity contribution < 1.29 is 0 Å². The Morgan fingerprint density at radius 2 is 1.91 bits per heavy atom. The largest absolute Gasteiger partial charge is 0.305 e. The zero-order valence-corrected chi connectivity index (χ0v) is 15.8. The molecule has 3 rings (SSSR count). The highest BCUT2D eigenvalue weighted by Gasteiger charge is 2.15. The zero-order valence-electron chi connectivity index (χ0n) is 12.6. The average Bonchev–Trinajstić information content (AvgIpc) is 3.03. The molecular formula is C16H16BrN3S2. The van der Waals surface area contributed by atoms with E-state index in [0.29, 0.717) is 0 Å². The normalized spacial score (nSPS) is 11.1. The molecule has 3 aromatic rings. The molecule has 0 amide bonds. The van der Waals surface area contributed by atoms with E-state index in [1.54, 1.807) is 23.1 Å². The molecule has 0 fully saturated rings. The number of thioether (sulfide) groups is 1. The van der Waals surface area contributed by atoms with Gasteiger partial charge in [0.25, 0.3) is 0 Å². The lowest BCUT2D eigenvalue weighted by Gasteiger charge is -2.04. The predicted molar refractivity (Wildman–Crippen MR) is 97.5 cm³/mol. The maximum Gasteiger partial charge on any atom is 0.191 e. The van der Waals surface area contributed by atoms with Crippen molar-refractivity contribution in [2.75, 3.05) is 0 Å². The molecule has 0 bridgehead atoms. The number of benzene rings is 1. The van der Waals surface area contributed by atoms with Crippen LogP contribution in [0, 0.1) is 13.8 Å². The fraction of sp³-hybridized carbons (Fsp3) is 0.250. The Morgan fingerprint density at radius 1 is 1.18 bits per heavy atom. The maximum absolute atomic E-state index is 4.38. The summed E-state index contributed by atoms with van der Waals surface area (Å²) in [5.41, 5.74) is 3.76. The Hall–Kier alpha value is -1.11. The summed E-state index contributed by atoms with van der Waals surface area (Å²) in [6, 6.07) is 8.38. The van der Waals surface area contributed by atoms with Crippen LogP contribution >= 0.6 is 39.0 Å². The van der Waals surface area contributed by atoms with Crippen molar-refractivity contribution in [3.8, 4) is 11.4 Å². The Labute approximate surface area is 146 Å². The van der Waals surface area contributed by atoms with Gasteiger partial charge in [-0.3, -0.25) is 0 Å². The predicted octanol–water partition coefficient (Wildman–Crippen LogP) is 5.22. The standard InChI is InChI=1S/C16H16BrN3S2/c1-10-11(2)21-9-14(10)15-18-19-16(20(15)3)22-8-12-4-6-13(17)7-5-12/h4-7,9H,8H2,1-3H3. The average molecular weight is 394 g/mol. The third-order valence-electron chi connectivity index (χ3n) is 3.64. The highest BCUT2D eigenvalue weighted by molar-refractivity contribution is 9.10. The van der Waals surface area contributed by atoms with Gasteiger partial charge < -0.3 is 4.57 Å². The summed E-state index contributed by atoms with van der Waals surface area (Å²) < 4.78 is 3.18. The molecule has 0 saturated heterocycles. The summed E-state index contributed by atoms with van der Waals surface area (Å²) in [4.78, 5) is 1.34. The molecule has 0 aliphatic rings. The molecule has 0 aliphatic carbocycles. The molecule has 6 heteroatoms. The van der Waals surface area contributed by atoms with Gasteiger partial charge in [-0.15, -0.1) is 21.5 Å². The highest BCUT2D eigenvalue weighted by Crippen LogP contribution is 2.31. The summed E-state index contributed by atoms with van der Waals surface area (Å²) in [6.45, 7) is 4.29. The Kier molecular flexibility index (Phi) is 4.70. The number of hydrogen-bond donors (Lipinski definition) is 0. The lowest BCUT2D eigenvalue weighted by molar-refractivity contribution is 0.793. The Morgan fingerprint density at radius 3 is 2.55 bits per heavy atom. The number of aromatic nitrogens is 3. The first kappa shape index (κ1) is 15.8. The molecule has 0 atom stereocenters. The molecule has 0 spiro atoms. The zero-order chi connectivity index (χ0) is 15.7. The Bertz CT molecular complexity index is 790. The second-order valence-electron chi connectivity index (χ2n) is 5.11. The van der Waals surface area contributed by atoms with Crippen molar-refractivity contribution in [3.63, 3.8) is 0 Å². The number of nitrogens with zero attached hydrogens (tertiary/aromatic N) is 3. The topological polar surface area (TPSA) is 30.7 Å². The van der Waals surface area contributed by atoms with E-state index in [-0.39, 0.29) is 0 Å². The van der Waals surface area contributed by atoms with Crippen LogP contribution in [0.15, 0.2) is 39.3 Å². The summed E-state index contributed by atoms with van der Waals surface area (Å²) in [5.74, 6) is 1.83. The van der Waals surface area contributed by atoms with Crippen molar-refractivity contribution in [1.82, 2.24) is 14.8 Å². The number of halogens is 1. The quantitative estimate of drug-likeness (QED) is 0.569. The SMILES string of the molecule is Cc1scc(-c2nnc(SCc3ccc(Br)cc3)n2C)c1C. The lowest BCUT2D eigenvalue weighted by Crippen LogP contribution is -1.95. The van der Waals surface area contributed by atoms with E-state index in [2.05, 4.69) is 74.2 Å². The van der Waals surface area contributed by atoms with Crippen LogP contribution in [0.4, 0.5) is 0 Å². The van der Waals surface area contributed by atoms with Crippen LogP contribution in [0.1, 0.15) is 16.0 Å². The van der Waals surface area contributed by atoms with E-state index in [9.17, 15) is 0 Å². The monoisotopic (exact) mass is 393 g/mol. The van der Waals surface area contributed by atoms with E-state index in [1.165, 1.54) is 21.6 Å². The molecule has 0 unspecified atom stereocenters. The molecule has 0 saturated carbocycles. The van der Waals surface area contributed by atoms with Gasteiger partial charge >= 0.3 is 0 Å². The van der Waals surface area contributed by atoms with Gasteiger partial charge in [-0.1, -0.05) is 39.8 Å². The van der Waals surface area contributed by atoms with Crippen LogP contribution in [0.25, 0.3) is 11.4 Å². The van der Waals surface area contributed by atoms with Crippen LogP contribution in [-0.2, 0) is 12.8 Å². The van der Waals surface area contributed by atoms with Gasteiger partial charge in [-0.25, -0.2) is 0 Å². The third kappa shape index (κ3) is 3.14. The van der Waals surface area contributed by atoms with Crippen LogP contribution in [0.5, 0.6) is 0 Å². The number of aryl methyl sites for hydroxylation is 1. The van der Waals surface area contributed by atoms with Crippen LogP contribution < -0.4 is 0 Å². The van der Waals surface area contributed by atoms with Gasteiger partial charge in [0.15, 0.2) is 11.0 Å². The third-order valence-corrected chi connectivity index (χ3v) is 6.28. The minimum atomic E-state index is 0.890. The second kappa shape index (κ2) is 6.56. The van der Waals surface area contributed by atoms with Crippen molar-refractivity contribution in [2.45, 2.75) is 24.8 Å². The summed E-state index contributed by atoms with van der Waals surface area (Å²) >= 11 is 6.93. The second-order valence-corrected chi connectivity index (χ2v) is 8.05. The van der Waals surface area contributed by atoms with Gasteiger partial charge in [-0.05, 0) is 37.1 Å². The van der Waals surface area contributed by atoms with Gasteiger partial charge in [0, 0.05) is 33.1 Å². The molecule has 0 aliphatic heterocycles. The summed E-state index contributed by atoms with van der Waals surface area (Å²) in [5, 5.41) is 11.8. The van der Waals surface area contributed by atoms with Crippen molar-refractivity contribution in [3.05, 3.63) is 50.1 Å². The van der Waals surface area contributed by atoms with E-state index in [4.69, 9.17) is 0 Å². The van der Waals surface area contributed by atoms with E-state index in [1.807, 2.05) is 7.05 Å². The van der Waals surface area contributed by atoms with Gasteiger partial charge in [0.1, 0.15) is 0 Å². The molecule has 22 heavy (non-hydrogen) atoms. The van der Waals surface area contributed by atoms with Crippen LogP contribution in [0.2, 0.25) is 0 Å². The minimum absolute atomic E-state index is 0.890. The number of hydrogen-bond acceptors (Lipinski definition) is 4. The summed E-state index contributed by atoms with van der Waals surface area (Å²) in [7, 11) is 2.03. The first-order valence-corrected chi connectivity index (χ1v) is 9.54. The molecule has 1 aromatic carbocycles. The smallest absolute Gasteiger partial charge is 0.191 e. The van der Waals surface area contributed by atoms with Crippen molar-refractivity contribution in [2.24, 2.45) is 7.05 Å². The molecule has 2 aromatic heterocycles. The highest BCUT2D eigenvalue weighted by atomic mass is 79.9. The maximum atomic E-state index is 4.38. The molecule has 2 heterocycles. The van der Waals surface area contributed by atoms with Crippen molar-refractivity contribution in [1.29, 1.82) is 0 Å². The van der Waals surface area contributed by atoms with Gasteiger partial charge in [0.2, 0.25) is 0 Å². The summed E-state index contributed by atoms with van der Waals surface area (Å²) in [6.07, 6.45) is 0. The molecule has 3 nitrogen and oxygen atoms in total. The van der Waals surface area contributed by atoms with Gasteiger partial charge in [0.05, 0.1) is 0 Å². The van der Waals surface area contributed by atoms with E-state index in [0.717, 1.165) is 21.2 Å². The minimum Gasteiger partial charge on any atom is -0.305 e. The van der Waals surface area contributed by atoms with E-state index >= 15 is 0 Å². The fourth-order valence-corrected chi connectivity index (χ4v) is 4.13. The molecular weight excluding hydrogens is 378 g/mol. The number of thiophene rings is 1. The molecule has 114 valence electrons. The molecule has 0 N–H and O–H groups in total. The van der Waals surface area contributed by atoms with Crippen molar-refractivity contribution >= 4 is 39.0 Å². The first-order valence-electron chi connectivity index (χ1n) is 6.88.